The standard InChI is InChI=1S/C21H21N.C12H17NO.C9H11N.C3H5.C2H8N2/c22-20(16-17-10-4-1-5-11-17)21(18-12-6-2-7-13-18)19-14-8-3-9-15-19;13-11-7-4-8-12(11)14-9-10-5-2-1-3-6-10;10-9-6-5-7-3-1-2-4-8(7)9;1-2-3-1;3-1-2-4/h1-15,20-21H,16,22H2;1-3,5-6,11-12H,4,7-9,13H2;1-4,9H,5-6,10H2;1H,2-3H2;1-4H2. The van der Waals surface area contributed by atoms with E-state index < -0.39 is 0 Å². The van der Waals surface area contributed by atoms with Gasteiger partial charge in [0.1, 0.15) is 0 Å². The average molecular weight is 713 g/mol. The van der Waals surface area contributed by atoms with Crippen molar-refractivity contribution in [3.8, 4) is 0 Å². The van der Waals surface area contributed by atoms with E-state index in [4.69, 9.17) is 33.4 Å². The second-order valence-electron chi connectivity index (χ2n) is 13.9. The number of benzene rings is 5. The first kappa shape index (κ1) is 41.6. The summed E-state index contributed by atoms with van der Waals surface area (Å²) in [6, 6.07) is 50.9. The first-order valence-electron chi connectivity index (χ1n) is 19.4. The van der Waals surface area contributed by atoms with Gasteiger partial charge >= 0.3 is 0 Å². The first-order chi connectivity index (χ1) is 26.0. The average Bonchev–Trinajstić information content (AvgIpc) is 3.98. The third kappa shape index (κ3) is 15.4. The highest BCUT2D eigenvalue weighted by atomic mass is 16.5. The number of rotatable bonds is 9. The molecular weight excluding hydrogens is 651 g/mol. The van der Waals surface area contributed by atoms with Crippen LogP contribution in [-0.4, -0.2) is 31.3 Å². The van der Waals surface area contributed by atoms with Crippen molar-refractivity contribution < 1.29 is 4.74 Å². The van der Waals surface area contributed by atoms with Gasteiger partial charge in [0.2, 0.25) is 0 Å². The van der Waals surface area contributed by atoms with Gasteiger partial charge in [0.05, 0.1) is 12.7 Å². The van der Waals surface area contributed by atoms with Crippen molar-refractivity contribution in [1.82, 2.24) is 0 Å². The zero-order chi connectivity index (χ0) is 37.5. The summed E-state index contributed by atoms with van der Waals surface area (Å²) in [6.45, 7) is 1.89. The maximum absolute atomic E-state index is 6.61. The molecule has 0 aliphatic heterocycles. The van der Waals surface area contributed by atoms with Crippen LogP contribution in [0.15, 0.2) is 146 Å². The molecule has 6 nitrogen and oxygen atoms in total. The fraction of sp³-hybridized carbons (Fsp3) is 0.340. The van der Waals surface area contributed by atoms with Gasteiger partial charge in [-0.15, -0.1) is 0 Å². The molecule has 4 unspecified atom stereocenters. The molecule has 0 spiro atoms. The lowest BCUT2D eigenvalue weighted by molar-refractivity contribution is 0.0357. The van der Waals surface area contributed by atoms with Crippen LogP contribution in [0.25, 0.3) is 0 Å². The molecule has 0 saturated heterocycles. The molecule has 0 aromatic heterocycles. The van der Waals surface area contributed by atoms with Gasteiger partial charge in [0.25, 0.3) is 0 Å². The zero-order valence-corrected chi connectivity index (χ0v) is 31.4. The monoisotopic (exact) mass is 712 g/mol. The summed E-state index contributed by atoms with van der Waals surface area (Å²) in [6.07, 6.45) is 11.9. The van der Waals surface area contributed by atoms with E-state index in [1.54, 1.807) is 0 Å². The largest absolute Gasteiger partial charge is 0.372 e. The maximum Gasteiger partial charge on any atom is 0.0730 e. The maximum atomic E-state index is 6.61. The van der Waals surface area contributed by atoms with Crippen molar-refractivity contribution in [2.45, 2.75) is 88.1 Å². The van der Waals surface area contributed by atoms with E-state index in [1.807, 2.05) is 36.4 Å². The second kappa shape index (κ2) is 24.2. The highest BCUT2D eigenvalue weighted by Gasteiger charge is 2.24. The number of aryl methyl sites for hydroxylation is 1. The minimum Gasteiger partial charge on any atom is -0.372 e. The zero-order valence-electron chi connectivity index (χ0n) is 31.4. The Balaban J connectivity index is 0.000000172. The number of ether oxygens (including phenoxy) is 1. The van der Waals surface area contributed by atoms with Crippen LogP contribution in [0.3, 0.4) is 0 Å². The van der Waals surface area contributed by atoms with Crippen molar-refractivity contribution in [2.75, 3.05) is 13.1 Å². The Labute approximate surface area is 319 Å². The van der Waals surface area contributed by atoms with Crippen LogP contribution in [-0.2, 0) is 24.2 Å². The molecule has 5 aromatic rings. The first-order valence-corrected chi connectivity index (χ1v) is 19.4. The molecule has 1 radical (unpaired) electrons. The van der Waals surface area contributed by atoms with Crippen molar-refractivity contribution in [1.29, 1.82) is 0 Å². The summed E-state index contributed by atoms with van der Waals surface area (Å²) < 4.78 is 5.78. The van der Waals surface area contributed by atoms with E-state index in [-0.39, 0.29) is 24.1 Å². The van der Waals surface area contributed by atoms with E-state index in [1.165, 1.54) is 52.6 Å². The fourth-order valence-corrected chi connectivity index (χ4v) is 6.54. The molecule has 4 atom stereocenters. The van der Waals surface area contributed by atoms with Crippen LogP contribution in [0.5, 0.6) is 0 Å². The molecule has 0 heterocycles. The van der Waals surface area contributed by atoms with Gasteiger partial charge in [-0.2, -0.15) is 0 Å². The van der Waals surface area contributed by atoms with Crippen molar-refractivity contribution in [3.63, 3.8) is 0 Å². The Morgan fingerprint density at radius 2 is 1.08 bits per heavy atom. The van der Waals surface area contributed by atoms with Crippen molar-refractivity contribution >= 4 is 0 Å². The number of hydrogen-bond acceptors (Lipinski definition) is 6. The predicted octanol–water partition coefficient (Wildman–Crippen LogP) is 7.99. The van der Waals surface area contributed by atoms with Crippen LogP contribution < -0.4 is 28.7 Å². The van der Waals surface area contributed by atoms with Crippen molar-refractivity contribution in [3.05, 3.63) is 185 Å². The molecule has 5 aromatic carbocycles. The Morgan fingerprint density at radius 1 is 0.585 bits per heavy atom. The Bertz CT molecular complexity index is 1590. The topological polar surface area (TPSA) is 139 Å². The number of nitrogens with two attached hydrogens (primary N) is 5. The summed E-state index contributed by atoms with van der Waals surface area (Å²) >= 11 is 0. The van der Waals surface area contributed by atoms with Crippen molar-refractivity contribution in [2.24, 2.45) is 28.7 Å². The lowest BCUT2D eigenvalue weighted by Gasteiger charge is -2.25. The van der Waals surface area contributed by atoms with E-state index in [0.717, 1.165) is 32.1 Å². The molecule has 2 fully saturated rings. The molecule has 2 saturated carbocycles. The highest BCUT2D eigenvalue weighted by molar-refractivity contribution is 5.35. The van der Waals surface area contributed by atoms with E-state index in [2.05, 4.69) is 116 Å². The Kier molecular flexibility index (Phi) is 19.0. The molecule has 8 rings (SSSR count). The molecular formula is C47H62N5O. The molecule has 3 aliphatic rings. The normalized spacial score (nSPS) is 18.3. The predicted molar refractivity (Wildman–Crippen MR) is 223 cm³/mol. The van der Waals surface area contributed by atoms with Gasteiger partial charge in [0, 0.05) is 37.1 Å². The van der Waals surface area contributed by atoms with Gasteiger partial charge in [-0.1, -0.05) is 146 Å². The van der Waals surface area contributed by atoms with Gasteiger partial charge in [-0.3, -0.25) is 0 Å². The summed E-state index contributed by atoms with van der Waals surface area (Å²) in [4.78, 5) is 0. The summed E-state index contributed by atoms with van der Waals surface area (Å²) in [5.74, 6) is 0.211. The number of fused-ring (bicyclic) bond motifs is 1. The lowest BCUT2D eigenvalue weighted by atomic mass is 9.83. The van der Waals surface area contributed by atoms with Crippen LogP contribution >= 0.6 is 0 Å². The van der Waals surface area contributed by atoms with Gasteiger partial charge in [-0.25, -0.2) is 0 Å². The molecule has 6 heteroatoms. The quantitative estimate of drug-likeness (QED) is 0.105. The SMILES string of the molecule is NC(Cc1ccccc1)C(c1ccccc1)c1ccccc1.NC1CCCC1OCc1ccccc1.NC1CCc2ccccc21.NCCN.[CH]1CC1. The molecule has 53 heavy (non-hydrogen) atoms. The third-order valence-corrected chi connectivity index (χ3v) is 9.50. The van der Waals surface area contributed by atoms with Crippen LogP contribution in [0.1, 0.15) is 83.9 Å². The molecule has 281 valence electrons. The van der Waals surface area contributed by atoms with E-state index >= 15 is 0 Å². The Morgan fingerprint density at radius 3 is 1.55 bits per heavy atom. The lowest BCUT2D eigenvalue weighted by Crippen LogP contribution is -2.31. The van der Waals surface area contributed by atoms with E-state index in [9.17, 15) is 0 Å². The second-order valence-corrected chi connectivity index (χ2v) is 13.9. The summed E-state index contributed by atoms with van der Waals surface area (Å²) in [7, 11) is 0. The fourth-order valence-electron chi connectivity index (χ4n) is 6.54. The van der Waals surface area contributed by atoms with Gasteiger partial charge < -0.3 is 33.4 Å². The van der Waals surface area contributed by atoms with Gasteiger partial charge in [0.15, 0.2) is 0 Å². The highest BCUT2D eigenvalue weighted by Crippen LogP contribution is 2.29. The molecule has 0 bridgehead atoms. The van der Waals surface area contributed by atoms with Crippen LogP contribution in [0.2, 0.25) is 0 Å². The van der Waals surface area contributed by atoms with Gasteiger partial charge in [-0.05, 0) is 91.2 Å². The smallest absolute Gasteiger partial charge is 0.0730 e. The minimum absolute atomic E-state index is 0.0483. The van der Waals surface area contributed by atoms with Crippen LogP contribution in [0, 0.1) is 6.42 Å². The molecule has 0 amide bonds. The van der Waals surface area contributed by atoms with Crippen LogP contribution in [0.4, 0.5) is 0 Å². The Hall–Kier alpha value is -4.14. The minimum atomic E-state index is 0.0483. The molecule has 3 aliphatic carbocycles. The third-order valence-electron chi connectivity index (χ3n) is 9.50. The number of hydrogen-bond donors (Lipinski definition) is 5. The van der Waals surface area contributed by atoms with E-state index in [0.29, 0.717) is 25.7 Å². The summed E-state index contributed by atoms with van der Waals surface area (Å²) in [5.41, 5.74) is 36.0. The summed E-state index contributed by atoms with van der Waals surface area (Å²) in [5, 5.41) is 0. The molecule has 10 N–H and O–H groups in total.